The summed E-state index contributed by atoms with van der Waals surface area (Å²) in [6, 6.07) is 4.57. The van der Waals surface area contributed by atoms with Gasteiger partial charge in [0.15, 0.2) is 0 Å². The maximum absolute atomic E-state index is 12.3. The Morgan fingerprint density at radius 1 is 1.20 bits per heavy atom. The SMILES string of the molecule is CC1(C)C(C(=O)Nc2ccc(C(=O)O)cc2Br)C1(C)C. The topological polar surface area (TPSA) is 66.4 Å². The van der Waals surface area contributed by atoms with Gasteiger partial charge in [-0.2, -0.15) is 0 Å². The molecule has 1 aliphatic carbocycles. The number of hydrogen-bond acceptors (Lipinski definition) is 2. The van der Waals surface area contributed by atoms with Gasteiger partial charge in [-0.1, -0.05) is 27.7 Å². The fraction of sp³-hybridized carbons (Fsp3) is 0.467. The second-order valence-electron chi connectivity index (χ2n) is 6.37. The molecule has 2 rings (SSSR count). The Morgan fingerprint density at radius 2 is 1.75 bits per heavy atom. The predicted octanol–water partition coefficient (Wildman–Crippen LogP) is 3.77. The van der Waals surface area contributed by atoms with E-state index in [0.717, 1.165) is 0 Å². The number of rotatable bonds is 3. The Kier molecular flexibility index (Phi) is 3.45. The van der Waals surface area contributed by atoms with Crippen molar-refractivity contribution < 1.29 is 14.7 Å². The highest BCUT2D eigenvalue weighted by molar-refractivity contribution is 9.10. The largest absolute Gasteiger partial charge is 0.478 e. The number of amides is 1. The second kappa shape index (κ2) is 4.58. The van der Waals surface area contributed by atoms with Crippen molar-refractivity contribution in [3.63, 3.8) is 0 Å². The zero-order valence-electron chi connectivity index (χ0n) is 12.0. The third-order valence-electron chi connectivity index (χ3n) is 4.76. The lowest BCUT2D eigenvalue weighted by Crippen LogP contribution is -2.18. The summed E-state index contributed by atoms with van der Waals surface area (Å²) in [6.45, 7) is 8.33. The van der Waals surface area contributed by atoms with Crippen LogP contribution in [0.5, 0.6) is 0 Å². The molecule has 0 aliphatic heterocycles. The van der Waals surface area contributed by atoms with Crippen molar-refractivity contribution in [2.45, 2.75) is 27.7 Å². The second-order valence-corrected chi connectivity index (χ2v) is 7.22. The normalized spacial score (nSPS) is 19.4. The van der Waals surface area contributed by atoms with Crippen molar-refractivity contribution in [3.05, 3.63) is 28.2 Å². The number of nitrogens with one attached hydrogen (secondary N) is 1. The molecule has 1 amide bonds. The molecule has 1 fully saturated rings. The van der Waals surface area contributed by atoms with Gasteiger partial charge in [0.05, 0.1) is 11.3 Å². The van der Waals surface area contributed by atoms with E-state index in [1.165, 1.54) is 12.1 Å². The number of carbonyl (C=O) groups is 2. The van der Waals surface area contributed by atoms with Gasteiger partial charge in [-0.05, 0) is 45.0 Å². The first-order valence-electron chi connectivity index (χ1n) is 6.42. The van der Waals surface area contributed by atoms with Crippen LogP contribution in [-0.4, -0.2) is 17.0 Å². The van der Waals surface area contributed by atoms with Gasteiger partial charge in [0.1, 0.15) is 0 Å². The summed E-state index contributed by atoms with van der Waals surface area (Å²) in [5, 5.41) is 11.8. The summed E-state index contributed by atoms with van der Waals surface area (Å²) >= 11 is 3.29. The van der Waals surface area contributed by atoms with Crippen LogP contribution in [0.2, 0.25) is 0 Å². The summed E-state index contributed by atoms with van der Waals surface area (Å²) in [5.41, 5.74) is 0.732. The van der Waals surface area contributed by atoms with Crippen molar-refractivity contribution in [2.24, 2.45) is 16.7 Å². The molecule has 2 N–H and O–H groups in total. The van der Waals surface area contributed by atoms with E-state index in [9.17, 15) is 9.59 Å². The molecule has 0 radical (unpaired) electrons. The van der Waals surface area contributed by atoms with Gasteiger partial charge in [-0.3, -0.25) is 4.79 Å². The van der Waals surface area contributed by atoms with Gasteiger partial charge in [-0.25, -0.2) is 4.79 Å². The van der Waals surface area contributed by atoms with Crippen LogP contribution in [0.3, 0.4) is 0 Å². The zero-order valence-corrected chi connectivity index (χ0v) is 13.5. The first-order valence-corrected chi connectivity index (χ1v) is 7.22. The number of carboxylic acid groups (broad SMARTS) is 1. The molecule has 4 nitrogen and oxygen atoms in total. The van der Waals surface area contributed by atoms with E-state index in [-0.39, 0.29) is 28.2 Å². The molecule has 20 heavy (non-hydrogen) atoms. The molecular formula is C15H18BrNO3. The van der Waals surface area contributed by atoms with Crippen molar-refractivity contribution in [1.29, 1.82) is 0 Å². The molecule has 1 saturated carbocycles. The molecule has 0 bridgehead atoms. The van der Waals surface area contributed by atoms with Crippen LogP contribution in [0.15, 0.2) is 22.7 Å². The van der Waals surface area contributed by atoms with Crippen LogP contribution in [0.4, 0.5) is 5.69 Å². The predicted molar refractivity (Wildman–Crippen MR) is 80.8 cm³/mol. The van der Waals surface area contributed by atoms with Crippen LogP contribution in [0.25, 0.3) is 0 Å². The van der Waals surface area contributed by atoms with E-state index in [4.69, 9.17) is 5.11 Å². The van der Waals surface area contributed by atoms with Crippen LogP contribution in [0.1, 0.15) is 38.1 Å². The summed E-state index contributed by atoms with van der Waals surface area (Å²) in [5.74, 6) is -1.06. The molecule has 0 spiro atoms. The van der Waals surface area contributed by atoms with E-state index in [0.29, 0.717) is 10.2 Å². The van der Waals surface area contributed by atoms with Gasteiger partial charge in [0, 0.05) is 10.4 Å². The number of aromatic carboxylic acids is 1. The maximum atomic E-state index is 12.3. The number of halogens is 1. The van der Waals surface area contributed by atoms with Crippen LogP contribution >= 0.6 is 15.9 Å². The monoisotopic (exact) mass is 339 g/mol. The van der Waals surface area contributed by atoms with Crippen LogP contribution in [0, 0.1) is 16.7 Å². The lowest BCUT2D eigenvalue weighted by atomic mass is 10.0. The third-order valence-corrected chi connectivity index (χ3v) is 5.41. The molecule has 5 heteroatoms. The van der Waals surface area contributed by atoms with E-state index < -0.39 is 5.97 Å². The molecule has 0 aromatic heterocycles. The molecule has 0 heterocycles. The highest BCUT2D eigenvalue weighted by atomic mass is 79.9. The molecule has 0 unspecified atom stereocenters. The summed E-state index contributed by atoms with van der Waals surface area (Å²) < 4.78 is 0.571. The number of anilines is 1. The molecular weight excluding hydrogens is 322 g/mol. The highest BCUT2D eigenvalue weighted by Gasteiger charge is 2.68. The van der Waals surface area contributed by atoms with E-state index in [1.54, 1.807) is 6.07 Å². The highest BCUT2D eigenvalue weighted by Crippen LogP contribution is 2.68. The standard InChI is InChI=1S/C15H18BrNO3/c1-14(2)11(15(14,3)4)12(18)17-10-6-5-8(13(19)20)7-9(10)16/h5-7,11H,1-4H3,(H,17,18)(H,19,20). The Bertz CT molecular complexity index is 579. The van der Waals surface area contributed by atoms with E-state index >= 15 is 0 Å². The summed E-state index contributed by atoms with van der Waals surface area (Å²) in [6.07, 6.45) is 0. The lowest BCUT2D eigenvalue weighted by Gasteiger charge is -2.09. The Hall–Kier alpha value is -1.36. The minimum absolute atomic E-state index is 0.0232. The number of benzene rings is 1. The minimum Gasteiger partial charge on any atom is -0.478 e. The first kappa shape index (κ1) is 15.0. The van der Waals surface area contributed by atoms with Gasteiger partial charge in [-0.15, -0.1) is 0 Å². The average molecular weight is 340 g/mol. The number of carboxylic acids is 1. The van der Waals surface area contributed by atoms with Crippen LogP contribution in [-0.2, 0) is 4.79 Å². The van der Waals surface area contributed by atoms with Gasteiger partial charge < -0.3 is 10.4 Å². The average Bonchev–Trinajstić information content (AvgIpc) is 2.72. The first-order chi connectivity index (χ1) is 9.09. The molecule has 108 valence electrons. The fourth-order valence-electron chi connectivity index (χ4n) is 2.81. The molecule has 1 aromatic carbocycles. The fourth-order valence-corrected chi connectivity index (χ4v) is 3.28. The molecule has 1 aromatic rings. The van der Waals surface area contributed by atoms with E-state index in [1.807, 2.05) is 0 Å². The Balaban J connectivity index is 2.16. The number of carbonyl (C=O) groups excluding carboxylic acids is 1. The Labute approximate surface area is 126 Å². The molecule has 0 atom stereocenters. The van der Waals surface area contributed by atoms with E-state index in [2.05, 4.69) is 48.9 Å². The van der Waals surface area contributed by atoms with Crippen molar-refractivity contribution >= 4 is 33.5 Å². The summed E-state index contributed by atoms with van der Waals surface area (Å²) in [4.78, 5) is 23.2. The minimum atomic E-state index is -0.993. The quantitative estimate of drug-likeness (QED) is 0.880. The molecule has 1 aliphatic rings. The zero-order chi connectivity index (χ0) is 15.3. The lowest BCUT2D eigenvalue weighted by molar-refractivity contribution is -0.118. The molecule has 0 saturated heterocycles. The summed E-state index contributed by atoms with van der Waals surface area (Å²) in [7, 11) is 0. The third kappa shape index (κ3) is 2.24. The van der Waals surface area contributed by atoms with Gasteiger partial charge in [0.2, 0.25) is 5.91 Å². The number of hydrogen-bond donors (Lipinski definition) is 2. The van der Waals surface area contributed by atoms with Crippen molar-refractivity contribution in [1.82, 2.24) is 0 Å². The van der Waals surface area contributed by atoms with Crippen LogP contribution < -0.4 is 5.32 Å². The Morgan fingerprint density at radius 3 is 2.15 bits per heavy atom. The van der Waals surface area contributed by atoms with Crippen molar-refractivity contribution in [2.75, 3.05) is 5.32 Å². The maximum Gasteiger partial charge on any atom is 0.335 e. The van der Waals surface area contributed by atoms with Crippen molar-refractivity contribution in [3.8, 4) is 0 Å². The van der Waals surface area contributed by atoms with Gasteiger partial charge >= 0.3 is 5.97 Å². The van der Waals surface area contributed by atoms with Gasteiger partial charge in [0.25, 0.3) is 0 Å². The smallest absolute Gasteiger partial charge is 0.335 e.